The van der Waals surface area contributed by atoms with Crippen LogP contribution >= 0.6 is 31.9 Å². The number of hydrogen-bond acceptors (Lipinski definition) is 0. The summed E-state index contributed by atoms with van der Waals surface area (Å²) in [5.74, 6) is 1.04. The molecule has 0 N–H and O–H groups in total. The molecule has 4 rings (SSSR count). The molecule has 0 radical (unpaired) electrons. The van der Waals surface area contributed by atoms with Crippen molar-refractivity contribution in [2.75, 3.05) is 0 Å². The van der Waals surface area contributed by atoms with Crippen molar-refractivity contribution in [2.45, 2.75) is 24.7 Å². The fraction of sp³-hybridized carbons (Fsp3) is 0.182. The molecule has 1 aliphatic carbocycles. The van der Waals surface area contributed by atoms with Crippen LogP contribution in [0.1, 0.15) is 34.1 Å². The molecule has 0 aromatic heterocycles. The quantitative estimate of drug-likeness (QED) is 0.406. The molecule has 0 heterocycles. The lowest BCUT2D eigenvalue weighted by Crippen LogP contribution is -2.22. The van der Waals surface area contributed by atoms with Crippen LogP contribution in [0.2, 0.25) is 0 Å². The third-order valence-corrected chi connectivity index (χ3v) is 6.14. The van der Waals surface area contributed by atoms with Crippen molar-refractivity contribution in [2.24, 2.45) is 0 Å². The molecule has 0 bridgehead atoms. The molecule has 1 aliphatic rings. The topological polar surface area (TPSA) is 0 Å². The summed E-state index contributed by atoms with van der Waals surface area (Å²) in [5, 5.41) is 0. The summed E-state index contributed by atoms with van der Waals surface area (Å²) in [7, 11) is 0. The first-order valence-electron chi connectivity index (χ1n) is 8.28. The van der Waals surface area contributed by atoms with E-state index in [1.54, 1.807) is 0 Å². The molecule has 0 aliphatic heterocycles. The molecule has 2 unspecified atom stereocenters. The van der Waals surface area contributed by atoms with E-state index in [-0.39, 0.29) is 0 Å². The number of halogens is 2. The number of hydrogen-bond donors (Lipinski definition) is 0. The minimum absolute atomic E-state index is 0.522. The average molecular weight is 442 g/mol. The maximum atomic E-state index is 3.56. The van der Waals surface area contributed by atoms with Crippen LogP contribution in [0.25, 0.3) is 0 Å². The molecule has 2 heteroatoms. The molecule has 0 fully saturated rings. The van der Waals surface area contributed by atoms with Gasteiger partial charge in [0.05, 0.1) is 0 Å². The summed E-state index contributed by atoms with van der Waals surface area (Å²) in [6.45, 7) is 0. The van der Waals surface area contributed by atoms with Gasteiger partial charge < -0.3 is 0 Å². The van der Waals surface area contributed by atoms with E-state index in [0.717, 1.165) is 21.8 Å². The highest BCUT2D eigenvalue weighted by Gasteiger charge is 2.30. The summed E-state index contributed by atoms with van der Waals surface area (Å²) in [6.07, 6.45) is 2.22. The van der Waals surface area contributed by atoms with Crippen molar-refractivity contribution in [3.63, 3.8) is 0 Å². The Morgan fingerprint density at radius 3 is 1.29 bits per heavy atom. The highest BCUT2D eigenvalue weighted by molar-refractivity contribution is 9.10. The second-order valence-corrected chi connectivity index (χ2v) is 8.32. The van der Waals surface area contributed by atoms with Crippen molar-refractivity contribution >= 4 is 31.9 Å². The summed E-state index contributed by atoms with van der Waals surface area (Å²) in [4.78, 5) is 0. The van der Waals surface area contributed by atoms with Crippen LogP contribution in [-0.4, -0.2) is 0 Å². The standard InChI is InChI=1S/C22H18Br2/c23-19-9-5-15(6-10-19)21-13-17-3-1-2-4-18(17)14-22(21)16-7-11-20(24)12-8-16/h1-12,21-22H,13-14H2. The van der Waals surface area contributed by atoms with Crippen LogP contribution in [0, 0.1) is 0 Å². The molecular weight excluding hydrogens is 424 g/mol. The minimum atomic E-state index is 0.522. The summed E-state index contributed by atoms with van der Waals surface area (Å²) < 4.78 is 2.28. The zero-order chi connectivity index (χ0) is 16.5. The van der Waals surface area contributed by atoms with Crippen LogP contribution in [0.15, 0.2) is 81.7 Å². The van der Waals surface area contributed by atoms with E-state index >= 15 is 0 Å². The first-order chi connectivity index (χ1) is 11.7. The number of fused-ring (bicyclic) bond motifs is 1. The molecule has 3 aromatic rings. The molecule has 0 spiro atoms. The predicted molar refractivity (Wildman–Crippen MR) is 108 cm³/mol. The van der Waals surface area contributed by atoms with Gasteiger partial charge in [0.15, 0.2) is 0 Å². The molecule has 0 saturated heterocycles. The molecule has 3 aromatic carbocycles. The first kappa shape index (κ1) is 16.1. The second-order valence-electron chi connectivity index (χ2n) is 6.49. The molecule has 0 saturated carbocycles. The van der Waals surface area contributed by atoms with E-state index in [2.05, 4.69) is 105 Å². The highest BCUT2D eigenvalue weighted by Crippen LogP contribution is 2.43. The van der Waals surface area contributed by atoms with Gasteiger partial charge in [0.25, 0.3) is 0 Å². The lowest BCUT2D eigenvalue weighted by atomic mass is 9.70. The zero-order valence-corrected chi connectivity index (χ0v) is 16.4. The number of benzene rings is 3. The molecule has 0 amide bonds. The van der Waals surface area contributed by atoms with E-state index in [1.165, 1.54) is 22.3 Å². The van der Waals surface area contributed by atoms with E-state index in [0.29, 0.717) is 11.8 Å². The summed E-state index contributed by atoms with van der Waals surface area (Å²) in [6, 6.07) is 26.6. The van der Waals surface area contributed by atoms with Crippen molar-refractivity contribution in [3.8, 4) is 0 Å². The minimum Gasteiger partial charge on any atom is -0.0620 e. The lowest BCUT2D eigenvalue weighted by Gasteiger charge is -2.34. The van der Waals surface area contributed by atoms with E-state index in [1.807, 2.05) is 0 Å². The first-order valence-corrected chi connectivity index (χ1v) is 9.87. The van der Waals surface area contributed by atoms with Gasteiger partial charge in [-0.3, -0.25) is 0 Å². The Hall–Kier alpha value is -1.38. The van der Waals surface area contributed by atoms with Crippen LogP contribution in [0.4, 0.5) is 0 Å². The molecule has 0 nitrogen and oxygen atoms in total. The van der Waals surface area contributed by atoms with Gasteiger partial charge in [0, 0.05) is 8.95 Å². The van der Waals surface area contributed by atoms with Crippen LogP contribution in [-0.2, 0) is 12.8 Å². The molecule has 2 atom stereocenters. The Morgan fingerprint density at radius 2 is 0.917 bits per heavy atom. The third kappa shape index (κ3) is 3.22. The third-order valence-electron chi connectivity index (χ3n) is 5.08. The Morgan fingerprint density at radius 1 is 0.542 bits per heavy atom. The smallest absolute Gasteiger partial charge is 0.0175 e. The van der Waals surface area contributed by atoms with E-state index in [9.17, 15) is 0 Å². The van der Waals surface area contributed by atoms with Crippen molar-refractivity contribution < 1.29 is 0 Å². The van der Waals surface area contributed by atoms with Crippen LogP contribution in [0.5, 0.6) is 0 Å². The van der Waals surface area contributed by atoms with Crippen molar-refractivity contribution in [1.82, 2.24) is 0 Å². The SMILES string of the molecule is Brc1ccc(C2Cc3ccccc3CC2c2ccc(Br)cc2)cc1. The van der Waals surface area contributed by atoms with Crippen LogP contribution < -0.4 is 0 Å². The van der Waals surface area contributed by atoms with Gasteiger partial charge in [0.1, 0.15) is 0 Å². The lowest BCUT2D eigenvalue weighted by molar-refractivity contribution is 0.501. The molecule has 24 heavy (non-hydrogen) atoms. The van der Waals surface area contributed by atoms with Gasteiger partial charge in [-0.2, -0.15) is 0 Å². The summed E-state index contributed by atoms with van der Waals surface area (Å²) >= 11 is 7.12. The van der Waals surface area contributed by atoms with Gasteiger partial charge in [-0.25, -0.2) is 0 Å². The zero-order valence-electron chi connectivity index (χ0n) is 13.3. The maximum Gasteiger partial charge on any atom is 0.0175 e. The molecule has 120 valence electrons. The average Bonchev–Trinajstić information content (AvgIpc) is 2.62. The Kier molecular flexibility index (Phi) is 4.60. The maximum absolute atomic E-state index is 3.56. The van der Waals surface area contributed by atoms with Gasteiger partial charge in [-0.1, -0.05) is 80.4 Å². The second kappa shape index (κ2) is 6.85. The van der Waals surface area contributed by atoms with Gasteiger partial charge in [-0.05, 0) is 71.2 Å². The van der Waals surface area contributed by atoms with Gasteiger partial charge >= 0.3 is 0 Å². The normalized spacial score (nSPS) is 19.8. The Balaban J connectivity index is 1.78. The fourth-order valence-electron chi connectivity index (χ4n) is 3.83. The van der Waals surface area contributed by atoms with Crippen molar-refractivity contribution in [1.29, 1.82) is 0 Å². The highest BCUT2D eigenvalue weighted by atomic mass is 79.9. The molecular formula is C22H18Br2. The monoisotopic (exact) mass is 440 g/mol. The largest absolute Gasteiger partial charge is 0.0620 e. The van der Waals surface area contributed by atoms with Crippen molar-refractivity contribution in [3.05, 3.63) is 104 Å². The Bertz CT molecular complexity index is 762. The summed E-state index contributed by atoms with van der Waals surface area (Å²) in [5.41, 5.74) is 5.86. The predicted octanol–water partition coefficient (Wildman–Crippen LogP) is 6.88. The van der Waals surface area contributed by atoms with E-state index in [4.69, 9.17) is 0 Å². The van der Waals surface area contributed by atoms with Gasteiger partial charge in [-0.15, -0.1) is 0 Å². The fourth-order valence-corrected chi connectivity index (χ4v) is 4.36. The van der Waals surface area contributed by atoms with Crippen LogP contribution in [0.3, 0.4) is 0 Å². The van der Waals surface area contributed by atoms with E-state index < -0.39 is 0 Å². The Labute approximate surface area is 160 Å². The number of rotatable bonds is 2. The van der Waals surface area contributed by atoms with Gasteiger partial charge in [0.2, 0.25) is 0 Å².